The summed E-state index contributed by atoms with van der Waals surface area (Å²) >= 11 is 6.29. The average molecular weight is 444 g/mol. The number of benzene rings is 2. The fraction of sp³-hybridized carbons (Fsp3) is 0.417. The maximum Gasteiger partial charge on any atom is 0.231 e. The smallest absolute Gasteiger partial charge is 0.231 e. The Balaban J connectivity index is 1.52. The summed E-state index contributed by atoms with van der Waals surface area (Å²) in [6.45, 7) is 7.07. The van der Waals surface area contributed by atoms with E-state index in [4.69, 9.17) is 21.1 Å². The van der Waals surface area contributed by atoms with Crippen LogP contribution in [0.2, 0.25) is 5.02 Å². The zero-order chi connectivity index (χ0) is 21.6. The second kappa shape index (κ2) is 7.93. The topological polar surface area (TPSA) is 71.8 Å². The lowest BCUT2D eigenvalue weighted by Crippen LogP contribution is -3.19. The maximum absolute atomic E-state index is 10.6. The van der Waals surface area contributed by atoms with E-state index in [2.05, 4.69) is 36.6 Å². The molecule has 0 amide bonds. The molecule has 5 rings (SSSR count). The van der Waals surface area contributed by atoms with Crippen molar-refractivity contribution in [2.24, 2.45) is 0 Å². The van der Waals surface area contributed by atoms with Gasteiger partial charge >= 0.3 is 0 Å². The van der Waals surface area contributed by atoms with Gasteiger partial charge in [-0.2, -0.15) is 0 Å². The molecule has 2 aromatic carbocycles. The Morgan fingerprint density at radius 1 is 1.13 bits per heavy atom. The van der Waals surface area contributed by atoms with Gasteiger partial charge in [-0.15, -0.1) is 0 Å². The monoisotopic (exact) mass is 443 g/mol. The summed E-state index contributed by atoms with van der Waals surface area (Å²) in [5.74, 6) is 1.82. The predicted molar refractivity (Wildman–Crippen MR) is 119 cm³/mol. The number of aromatic hydroxyl groups is 1. The number of ether oxygens (including phenoxy) is 2. The van der Waals surface area contributed by atoms with Crippen LogP contribution in [0.15, 0.2) is 42.5 Å². The summed E-state index contributed by atoms with van der Waals surface area (Å²) in [4.78, 5) is 1.64. The van der Waals surface area contributed by atoms with Crippen molar-refractivity contribution in [3.8, 4) is 17.2 Å². The molecule has 1 fully saturated rings. The van der Waals surface area contributed by atoms with Gasteiger partial charge < -0.3 is 30.1 Å². The largest absolute Gasteiger partial charge is 0.507 e. The van der Waals surface area contributed by atoms with Crippen molar-refractivity contribution < 1.29 is 24.8 Å². The van der Waals surface area contributed by atoms with Crippen LogP contribution in [0.4, 0.5) is 0 Å². The molecule has 0 saturated carbocycles. The van der Waals surface area contributed by atoms with Gasteiger partial charge in [0, 0.05) is 22.4 Å². The first-order chi connectivity index (χ1) is 14.9. The van der Waals surface area contributed by atoms with E-state index in [9.17, 15) is 5.11 Å². The lowest BCUT2D eigenvalue weighted by molar-refractivity contribution is -0.938. The van der Waals surface area contributed by atoms with E-state index in [0.29, 0.717) is 11.1 Å². The number of nitrogens with two attached hydrogens (primary N) is 1. The van der Waals surface area contributed by atoms with Gasteiger partial charge in [-0.1, -0.05) is 11.6 Å². The number of fused-ring (bicyclic) bond motifs is 1. The van der Waals surface area contributed by atoms with Gasteiger partial charge in [-0.3, -0.25) is 0 Å². The highest BCUT2D eigenvalue weighted by Gasteiger charge is 2.46. The van der Waals surface area contributed by atoms with Gasteiger partial charge in [0.1, 0.15) is 11.8 Å². The molecule has 164 valence electrons. The Hall–Kier alpha value is -2.41. The highest BCUT2D eigenvalue weighted by Crippen LogP contribution is 2.36. The molecule has 5 N–H and O–H groups in total. The van der Waals surface area contributed by atoms with Crippen molar-refractivity contribution in [1.82, 2.24) is 5.32 Å². The molecule has 0 aromatic heterocycles. The Labute approximate surface area is 187 Å². The van der Waals surface area contributed by atoms with Gasteiger partial charge in [0.25, 0.3) is 0 Å². The van der Waals surface area contributed by atoms with Crippen molar-refractivity contribution in [3.05, 3.63) is 58.6 Å². The quantitative estimate of drug-likeness (QED) is 0.584. The third-order valence-corrected chi connectivity index (χ3v) is 7.10. The van der Waals surface area contributed by atoms with E-state index >= 15 is 0 Å². The first-order valence-electron chi connectivity index (χ1n) is 11.0. The second-order valence-corrected chi connectivity index (χ2v) is 9.57. The third kappa shape index (κ3) is 3.95. The molecule has 31 heavy (non-hydrogen) atoms. The summed E-state index contributed by atoms with van der Waals surface area (Å²) in [5, 5.41) is 17.5. The van der Waals surface area contributed by atoms with Gasteiger partial charge in [0.05, 0.1) is 37.5 Å². The van der Waals surface area contributed by atoms with Crippen LogP contribution in [-0.2, 0) is 0 Å². The van der Waals surface area contributed by atoms with Crippen LogP contribution >= 0.6 is 11.6 Å². The van der Waals surface area contributed by atoms with Crippen molar-refractivity contribution in [2.75, 3.05) is 19.9 Å². The predicted octanol–water partition coefficient (Wildman–Crippen LogP) is 1.81. The summed E-state index contributed by atoms with van der Waals surface area (Å²) in [6, 6.07) is 11.9. The first kappa shape index (κ1) is 20.5. The van der Waals surface area contributed by atoms with Crippen LogP contribution < -0.4 is 25.0 Å². The zero-order valence-electron chi connectivity index (χ0n) is 18.0. The van der Waals surface area contributed by atoms with Gasteiger partial charge in [0.15, 0.2) is 17.2 Å². The molecule has 6 nitrogen and oxygen atoms in total. The molecule has 3 aliphatic heterocycles. The van der Waals surface area contributed by atoms with Crippen molar-refractivity contribution >= 4 is 17.3 Å². The van der Waals surface area contributed by atoms with Crippen LogP contribution in [0.25, 0.3) is 5.70 Å². The zero-order valence-corrected chi connectivity index (χ0v) is 18.7. The molecule has 7 heteroatoms. The lowest BCUT2D eigenvalue weighted by Gasteiger charge is -2.44. The summed E-state index contributed by atoms with van der Waals surface area (Å²) in [5.41, 5.74) is 2.82. The number of quaternary nitrogens is 2. The number of phenolic OH excluding ortho intramolecular Hbond substituents is 1. The lowest BCUT2D eigenvalue weighted by atomic mass is 9.88. The number of phenols is 1. The van der Waals surface area contributed by atoms with Gasteiger partial charge in [-0.25, -0.2) is 0 Å². The molecule has 0 aliphatic carbocycles. The van der Waals surface area contributed by atoms with E-state index in [-0.39, 0.29) is 24.2 Å². The molecule has 3 heterocycles. The summed E-state index contributed by atoms with van der Waals surface area (Å²) in [6.07, 6.45) is 4.26. The Morgan fingerprint density at radius 2 is 1.90 bits per heavy atom. The molecular formula is C24H30ClN3O3+2. The van der Waals surface area contributed by atoms with E-state index in [1.165, 1.54) is 0 Å². The minimum absolute atomic E-state index is 0.0408. The Morgan fingerprint density at radius 3 is 2.68 bits per heavy atom. The maximum atomic E-state index is 10.6. The molecule has 0 bridgehead atoms. The molecule has 1 spiro atoms. The third-order valence-electron chi connectivity index (χ3n) is 6.86. The highest BCUT2D eigenvalue weighted by molar-refractivity contribution is 6.30. The second-order valence-electron chi connectivity index (χ2n) is 9.14. The summed E-state index contributed by atoms with van der Waals surface area (Å²) in [7, 11) is 0. The minimum Gasteiger partial charge on any atom is -0.507 e. The SMILES string of the molecule is CC(C)[NH+]1CCC2(CC1)NC(c1ccc3c(c1)OCO3)=CC(c1cc(Cl)ccc1O)[NH2+]2. The van der Waals surface area contributed by atoms with E-state index in [1.807, 2.05) is 18.2 Å². The molecule has 1 atom stereocenters. The normalized spacial score (nSPS) is 27.3. The van der Waals surface area contributed by atoms with Crippen molar-refractivity contribution in [3.63, 3.8) is 0 Å². The van der Waals surface area contributed by atoms with Crippen LogP contribution in [0, 0.1) is 0 Å². The molecule has 1 unspecified atom stereocenters. The number of hydrogen-bond acceptors (Lipinski definition) is 4. The average Bonchev–Trinajstić information content (AvgIpc) is 3.23. The van der Waals surface area contributed by atoms with Crippen LogP contribution in [0.1, 0.15) is 43.9 Å². The van der Waals surface area contributed by atoms with Crippen molar-refractivity contribution in [1.29, 1.82) is 0 Å². The number of piperidine rings is 1. The summed E-state index contributed by atoms with van der Waals surface area (Å²) < 4.78 is 11.1. The van der Waals surface area contributed by atoms with E-state index < -0.39 is 0 Å². The Kier molecular flexibility index (Phi) is 5.24. The van der Waals surface area contributed by atoms with E-state index in [1.54, 1.807) is 17.0 Å². The number of halogens is 1. The fourth-order valence-electron chi connectivity index (χ4n) is 5.01. The van der Waals surface area contributed by atoms with Crippen LogP contribution in [0.5, 0.6) is 17.2 Å². The first-order valence-corrected chi connectivity index (χ1v) is 11.4. The van der Waals surface area contributed by atoms with Crippen molar-refractivity contribution in [2.45, 2.75) is 44.4 Å². The standard InChI is InChI=1S/C24H28ClN3O3/c1-15(2)28-9-7-24(8-10-28)26-19(16-3-6-22-23(11-16)31-14-30-22)13-20(27-24)18-12-17(25)4-5-21(18)29/h3-6,11-13,15,20,26-27,29H,7-10,14H2,1-2H3/p+2. The number of rotatable bonds is 3. The molecule has 0 radical (unpaired) electrons. The number of hydrogen-bond donors (Lipinski definition) is 4. The number of nitrogens with one attached hydrogen (secondary N) is 2. The van der Waals surface area contributed by atoms with Gasteiger partial charge in [-0.05, 0) is 50.2 Å². The van der Waals surface area contributed by atoms with E-state index in [0.717, 1.165) is 54.3 Å². The number of likely N-dealkylation sites (tertiary alicyclic amines) is 1. The molecule has 1 saturated heterocycles. The fourth-order valence-corrected chi connectivity index (χ4v) is 5.19. The van der Waals surface area contributed by atoms with Crippen LogP contribution in [0.3, 0.4) is 0 Å². The molecular weight excluding hydrogens is 414 g/mol. The minimum atomic E-state index is -0.127. The molecule has 2 aromatic rings. The molecule has 3 aliphatic rings. The Bertz CT molecular complexity index is 1020. The highest BCUT2D eigenvalue weighted by atomic mass is 35.5. The van der Waals surface area contributed by atoms with Gasteiger partial charge in [0.2, 0.25) is 6.79 Å². The van der Waals surface area contributed by atoms with Crippen LogP contribution in [-0.4, -0.2) is 36.7 Å².